The van der Waals surface area contributed by atoms with E-state index in [0.29, 0.717) is 0 Å². The van der Waals surface area contributed by atoms with Gasteiger partial charge in [0.25, 0.3) is 0 Å². The summed E-state index contributed by atoms with van der Waals surface area (Å²) in [4.78, 5) is 1.87. The fraction of sp³-hybridized carbons (Fsp3) is 0.167. The second kappa shape index (κ2) is 2.80. The summed E-state index contributed by atoms with van der Waals surface area (Å²) in [7, 11) is 1.86. The normalized spacial score (nSPS) is 15.8. The van der Waals surface area contributed by atoms with E-state index in [1.807, 2.05) is 37.0 Å². The topological polar surface area (TPSA) is 33.1 Å². The maximum absolute atomic E-state index is 4.03. The fourth-order valence-electron chi connectivity index (χ4n) is 0.933. The van der Waals surface area contributed by atoms with Crippen LogP contribution in [0.1, 0.15) is 0 Å². The van der Waals surface area contributed by atoms with Crippen LogP contribution in [0.4, 0.5) is 0 Å². The van der Waals surface area contributed by atoms with Gasteiger partial charge in [0.2, 0.25) is 0 Å². The molecular formula is C6H8BN4. The van der Waals surface area contributed by atoms with E-state index in [4.69, 9.17) is 0 Å². The van der Waals surface area contributed by atoms with Gasteiger partial charge in [0.05, 0.1) is 0 Å². The lowest BCUT2D eigenvalue weighted by atomic mass is 10.2. The molecule has 0 fully saturated rings. The van der Waals surface area contributed by atoms with Crippen LogP contribution >= 0.6 is 0 Å². The Labute approximate surface area is 65.8 Å². The van der Waals surface area contributed by atoms with Gasteiger partial charge in [-0.2, -0.15) is 5.10 Å². The highest BCUT2D eigenvalue weighted by Gasteiger charge is 2.06. The van der Waals surface area contributed by atoms with E-state index in [2.05, 4.69) is 10.5 Å². The summed E-state index contributed by atoms with van der Waals surface area (Å²) < 4.78 is 1.74. The van der Waals surface area contributed by atoms with Gasteiger partial charge in [0, 0.05) is 25.1 Å². The second-order valence-electron chi connectivity index (χ2n) is 2.26. The zero-order valence-corrected chi connectivity index (χ0v) is 6.01. The molecule has 2 rings (SSSR count). The van der Waals surface area contributed by atoms with Crippen LogP contribution < -0.4 is 5.43 Å². The van der Waals surface area contributed by atoms with Gasteiger partial charge in [0.15, 0.2) is 0 Å². The summed E-state index contributed by atoms with van der Waals surface area (Å²) in [6.07, 6.45) is 7.63. The third kappa shape index (κ3) is 1.43. The number of hydrazine groups is 1. The van der Waals surface area contributed by atoms with Crippen molar-refractivity contribution in [2.45, 2.75) is 0 Å². The molecule has 1 N–H and O–H groups in total. The molecule has 1 aromatic heterocycles. The molecule has 11 heavy (non-hydrogen) atoms. The zero-order chi connectivity index (χ0) is 7.52. The maximum atomic E-state index is 4.03. The minimum atomic E-state index is 0.887. The molecule has 1 aliphatic heterocycles. The van der Waals surface area contributed by atoms with Gasteiger partial charge in [0.1, 0.15) is 0 Å². The Balaban J connectivity index is 1.95. The van der Waals surface area contributed by atoms with Crippen molar-refractivity contribution >= 4 is 7.55 Å². The third-order valence-electron chi connectivity index (χ3n) is 1.43. The molecule has 0 aliphatic carbocycles. The van der Waals surface area contributed by atoms with Gasteiger partial charge in [-0.25, -0.2) is 5.43 Å². The Morgan fingerprint density at radius 2 is 2.55 bits per heavy atom. The molecule has 4 nitrogen and oxygen atoms in total. The lowest BCUT2D eigenvalue weighted by molar-refractivity contribution is 0.477. The fourth-order valence-corrected chi connectivity index (χ4v) is 0.933. The summed E-state index contributed by atoms with van der Waals surface area (Å²) in [5.41, 5.74) is 3.10. The average Bonchev–Trinajstić information content (AvgIpc) is 2.60. The van der Waals surface area contributed by atoms with Gasteiger partial charge in [-0.15, -0.1) is 0 Å². The lowest BCUT2D eigenvalue weighted by Crippen LogP contribution is -2.36. The minimum Gasteiger partial charge on any atom is -0.337 e. The Morgan fingerprint density at radius 1 is 1.55 bits per heavy atom. The van der Waals surface area contributed by atoms with E-state index in [-0.39, 0.29) is 0 Å². The van der Waals surface area contributed by atoms with Crippen LogP contribution in [0.2, 0.25) is 0 Å². The number of nitrogens with one attached hydrogen (secondary N) is 1. The molecule has 0 unspecified atom stereocenters. The number of aromatic nitrogens is 2. The van der Waals surface area contributed by atoms with Crippen molar-refractivity contribution in [1.82, 2.24) is 20.0 Å². The SMILES string of the molecule is [B](N1C=CCN1)n1cccn1. The zero-order valence-electron chi connectivity index (χ0n) is 6.01. The molecule has 0 spiro atoms. The molecule has 0 saturated carbocycles. The van der Waals surface area contributed by atoms with E-state index in [0.717, 1.165) is 6.54 Å². The molecule has 0 aromatic carbocycles. The minimum absolute atomic E-state index is 0.887. The van der Waals surface area contributed by atoms with Crippen molar-refractivity contribution in [1.29, 1.82) is 0 Å². The predicted octanol–water partition coefficient (Wildman–Crippen LogP) is -0.401. The van der Waals surface area contributed by atoms with Crippen molar-refractivity contribution in [3.8, 4) is 0 Å². The van der Waals surface area contributed by atoms with E-state index in [9.17, 15) is 0 Å². The molecule has 55 valence electrons. The molecular weight excluding hydrogens is 139 g/mol. The first kappa shape index (κ1) is 6.48. The molecule has 0 bridgehead atoms. The molecule has 5 heteroatoms. The molecule has 1 aromatic rings. The van der Waals surface area contributed by atoms with Crippen LogP contribution in [0.25, 0.3) is 0 Å². The first-order chi connectivity index (χ1) is 5.45. The van der Waals surface area contributed by atoms with Crippen LogP contribution in [0, 0.1) is 0 Å². The van der Waals surface area contributed by atoms with E-state index in [1.165, 1.54) is 0 Å². The van der Waals surface area contributed by atoms with Gasteiger partial charge >= 0.3 is 7.55 Å². The van der Waals surface area contributed by atoms with Crippen molar-refractivity contribution < 1.29 is 0 Å². The van der Waals surface area contributed by atoms with E-state index < -0.39 is 0 Å². The maximum Gasteiger partial charge on any atom is 0.430 e. The van der Waals surface area contributed by atoms with Crippen LogP contribution in [0.3, 0.4) is 0 Å². The van der Waals surface area contributed by atoms with Gasteiger partial charge < -0.3 is 4.92 Å². The van der Waals surface area contributed by atoms with E-state index in [1.54, 1.807) is 10.8 Å². The first-order valence-corrected chi connectivity index (χ1v) is 3.48. The van der Waals surface area contributed by atoms with Crippen molar-refractivity contribution in [2.24, 2.45) is 0 Å². The summed E-state index contributed by atoms with van der Waals surface area (Å²) >= 11 is 0. The van der Waals surface area contributed by atoms with E-state index >= 15 is 0 Å². The molecule has 0 saturated heterocycles. The molecule has 0 atom stereocenters. The lowest BCUT2D eigenvalue weighted by Gasteiger charge is -2.12. The molecule has 2 heterocycles. The summed E-state index contributed by atoms with van der Waals surface area (Å²) in [5, 5.41) is 4.03. The van der Waals surface area contributed by atoms with Crippen LogP contribution in [-0.2, 0) is 0 Å². The highest BCUT2D eigenvalue weighted by Crippen LogP contribution is 1.90. The van der Waals surface area contributed by atoms with Crippen LogP contribution in [0.15, 0.2) is 30.7 Å². The van der Waals surface area contributed by atoms with Crippen molar-refractivity contribution in [2.75, 3.05) is 6.54 Å². The van der Waals surface area contributed by atoms with Crippen LogP contribution in [0.5, 0.6) is 0 Å². The number of hydrogen-bond acceptors (Lipinski definition) is 3. The Hall–Kier alpha value is -1.23. The van der Waals surface area contributed by atoms with Crippen LogP contribution in [-0.4, -0.2) is 28.7 Å². The quantitative estimate of drug-likeness (QED) is 0.577. The Kier molecular flexibility index (Phi) is 1.65. The Morgan fingerprint density at radius 3 is 3.18 bits per heavy atom. The second-order valence-corrected chi connectivity index (χ2v) is 2.26. The summed E-state index contributed by atoms with van der Waals surface area (Å²) in [5.74, 6) is 0. The summed E-state index contributed by atoms with van der Waals surface area (Å²) in [6, 6.07) is 1.89. The Bertz CT molecular complexity index is 243. The van der Waals surface area contributed by atoms with Gasteiger partial charge in [-0.3, -0.25) is 4.59 Å². The number of rotatable bonds is 2. The number of nitrogens with zero attached hydrogens (tertiary/aromatic N) is 3. The van der Waals surface area contributed by atoms with Gasteiger partial charge in [-0.1, -0.05) is 6.08 Å². The smallest absolute Gasteiger partial charge is 0.337 e. The monoisotopic (exact) mass is 147 g/mol. The van der Waals surface area contributed by atoms with Crippen molar-refractivity contribution in [3.05, 3.63) is 30.7 Å². The largest absolute Gasteiger partial charge is 0.430 e. The molecule has 1 radical (unpaired) electrons. The van der Waals surface area contributed by atoms with Crippen molar-refractivity contribution in [3.63, 3.8) is 0 Å². The molecule has 0 amide bonds. The first-order valence-electron chi connectivity index (χ1n) is 3.48. The predicted molar refractivity (Wildman–Crippen MR) is 42.4 cm³/mol. The number of hydrogen-bond donors (Lipinski definition) is 1. The highest BCUT2D eigenvalue weighted by atomic mass is 15.5. The average molecular weight is 147 g/mol. The highest BCUT2D eigenvalue weighted by molar-refractivity contribution is 6.29. The van der Waals surface area contributed by atoms with Gasteiger partial charge in [-0.05, 0) is 6.07 Å². The standard InChI is InChI=1S/C6H8BN4/c1-3-8-10(5-1)7-11-6-2-4-9-11/h1-3,5-6,9H,4H2. The third-order valence-corrected chi connectivity index (χ3v) is 1.43. The summed E-state index contributed by atoms with van der Waals surface area (Å²) in [6.45, 7) is 0.887. The molecule has 1 aliphatic rings.